The zero-order valence-electron chi connectivity index (χ0n) is 23.1. The number of aromatic amines is 1. The second-order valence-electron chi connectivity index (χ2n) is 10.5. The van der Waals surface area contributed by atoms with Crippen LogP contribution in [-0.2, 0) is 0 Å². The normalized spacial score (nSPS) is 25.0. The number of nitrogens with two attached hydrogens (primary N) is 1. The fourth-order valence-electron chi connectivity index (χ4n) is 6.15. The van der Waals surface area contributed by atoms with Gasteiger partial charge in [0.25, 0.3) is 5.82 Å². The third-order valence-electron chi connectivity index (χ3n) is 8.48. The van der Waals surface area contributed by atoms with Crippen molar-refractivity contribution in [1.82, 2.24) is 0 Å². The molecule has 0 radical (unpaired) electrons. The van der Waals surface area contributed by atoms with Gasteiger partial charge in [0.05, 0.1) is 6.20 Å². The third-order valence-corrected chi connectivity index (χ3v) is 8.48. The summed E-state index contributed by atoms with van der Waals surface area (Å²) in [5.74, 6) is 1.25. The van der Waals surface area contributed by atoms with Crippen molar-refractivity contribution in [3.63, 3.8) is 0 Å². The largest absolute Gasteiger partial charge is 0.287 e. The van der Waals surface area contributed by atoms with Crippen LogP contribution in [-0.4, -0.2) is 0 Å². The van der Waals surface area contributed by atoms with E-state index in [1.54, 1.807) is 11.1 Å². The average molecular weight is 484 g/mol. The van der Waals surface area contributed by atoms with E-state index in [9.17, 15) is 0 Å². The van der Waals surface area contributed by atoms with Crippen molar-refractivity contribution < 1.29 is 4.98 Å². The van der Waals surface area contributed by atoms with Gasteiger partial charge in [-0.2, -0.15) is 0 Å². The molecule has 2 nitrogen and oxygen atoms in total. The maximum absolute atomic E-state index is 5.98. The fourth-order valence-corrected chi connectivity index (χ4v) is 6.15. The molecule has 2 aliphatic rings. The Balaban J connectivity index is 1.83. The Hall–Kier alpha value is -2.87. The van der Waals surface area contributed by atoms with Crippen molar-refractivity contribution in [1.29, 1.82) is 0 Å². The first-order chi connectivity index (χ1) is 17.4. The standard InChI is InChI=1S/C34H46N2/c1-6-29(18-17-28-14-11-9-10-12-15-28)32-20-19-30(16-13-22-34(32,7-2)8-3)26(4)24-27(5)31-21-23-36-33(35)25-31/h6-7,9-11,14-15,21,23-25,32H,2,8,12-13,16-20,22H2,1,3-5H3,(H2,35,36)/p+1/b27-24+,29-6+,30-26-/t32?,34-/m1/s1. The summed E-state index contributed by atoms with van der Waals surface area (Å²) in [6.45, 7) is 13.5. The minimum Gasteiger partial charge on any atom is -0.287 e. The maximum Gasteiger partial charge on any atom is 0.270 e. The predicted molar refractivity (Wildman–Crippen MR) is 157 cm³/mol. The molecule has 0 aromatic carbocycles. The van der Waals surface area contributed by atoms with Gasteiger partial charge in [-0.25, -0.2) is 4.98 Å². The second kappa shape index (κ2) is 13.4. The Morgan fingerprint density at radius 1 is 1.25 bits per heavy atom. The first-order valence-electron chi connectivity index (χ1n) is 13.9. The number of aromatic nitrogens is 1. The van der Waals surface area contributed by atoms with Crippen molar-refractivity contribution in [2.45, 2.75) is 85.5 Å². The lowest BCUT2D eigenvalue weighted by Crippen LogP contribution is -2.31. The van der Waals surface area contributed by atoms with Crippen molar-refractivity contribution in [3.8, 4) is 0 Å². The van der Waals surface area contributed by atoms with Crippen LogP contribution in [0, 0.1) is 11.3 Å². The number of rotatable bonds is 8. The molecule has 0 spiro atoms. The van der Waals surface area contributed by atoms with Crippen LogP contribution in [0.5, 0.6) is 0 Å². The number of hydrogen-bond donors (Lipinski definition) is 1. The van der Waals surface area contributed by atoms with Crippen molar-refractivity contribution in [2.24, 2.45) is 11.3 Å². The molecule has 1 heterocycles. The summed E-state index contributed by atoms with van der Waals surface area (Å²) < 4.78 is 0. The number of anilines is 1. The van der Waals surface area contributed by atoms with E-state index in [1.165, 1.54) is 48.0 Å². The number of hydrogen-bond acceptors (Lipinski definition) is 1. The van der Waals surface area contributed by atoms with Gasteiger partial charge in [-0.15, -0.1) is 6.58 Å². The number of nitrogen functional groups attached to an aromatic ring is 1. The van der Waals surface area contributed by atoms with E-state index in [0.29, 0.717) is 11.7 Å². The molecular formula is C34H47N2+. The van der Waals surface area contributed by atoms with Crippen molar-refractivity contribution >= 4 is 11.4 Å². The molecule has 192 valence electrons. The highest BCUT2D eigenvalue weighted by Gasteiger charge is 2.37. The van der Waals surface area contributed by atoms with E-state index in [0.717, 1.165) is 32.1 Å². The molecule has 0 saturated heterocycles. The smallest absolute Gasteiger partial charge is 0.270 e. The summed E-state index contributed by atoms with van der Waals surface area (Å²) in [6.07, 6.45) is 30.6. The molecule has 1 saturated carbocycles. The summed E-state index contributed by atoms with van der Waals surface area (Å²) in [6, 6.07) is 4.12. The summed E-state index contributed by atoms with van der Waals surface area (Å²) in [5.41, 5.74) is 14.7. The second-order valence-corrected chi connectivity index (χ2v) is 10.5. The van der Waals surface area contributed by atoms with Crippen LogP contribution in [0.4, 0.5) is 5.82 Å². The molecule has 2 atom stereocenters. The number of H-pyrrole nitrogens is 1. The molecule has 1 fully saturated rings. The Morgan fingerprint density at radius 2 is 2.08 bits per heavy atom. The molecule has 2 heteroatoms. The summed E-state index contributed by atoms with van der Waals surface area (Å²) in [5, 5.41) is 0. The van der Waals surface area contributed by atoms with E-state index in [4.69, 9.17) is 5.73 Å². The SMILES string of the molecule is C=C[C@@]1(CC)CCC/C(=C(C)/C=C(\C)c2cc[nH+]c(N)c2)CCC1/C(=C/C)CCC1=CCC=CC=C1. The lowest BCUT2D eigenvalue weighted by Gasteiger charge is -2.42. The maximum atomic E-state index is 5.98. The highest BCUT2D eigenvalue weighted by Crippen LogP contribution is 2.48. The Morgan fingerprint density at radius 3 is 2.81 bits per heavy atom. The van der Waals surface area contributed by atoms with E-state index in [2.05, 4.69) is 93.9 Å². The van der Waals surface area contributed by atoms with Crippen LogP contribution < -0.4 is 10.7 Å². The molecule has 3 rings (SSSR count). The number of allylic oxidation sites excluding steroid dienone is 13. The lowest BCUT2D eigenvalue weighted by atomic mass is 9.63. The summed E-state index contributed by atoms with van der Waals surface area (Å²) in [4.78, 5) is 3.05. The van der Waals surface area contributed by atoms with Crippen LogP contribution in [0.3, 0.4) is 0 Å². The lowest BCUT2D eigenvalue weighted by molar-refractivity contribution is -0.360. The number of nitrogens with one attached hydrogen (secondary N) is 1. The molecule has 0 amide bonds. The van der Waals surface area contributed by atoms with Crippen LogP contribution in [0.15, 0.2) is 95.8 Å². The van der Waals surface area contributed by atoms with Crippen LogP contribution in [0.25, 0.3) is 5.57 Å². The molecule has 0 aliphatic heterocycles. The van der Waals surface area contributed by atoms with Gasteiger partial charge < -0.3 is 0 Å². The van der Waals surface area contributed by atoms with Crippen molar-refractivity contribution in [2.75, 3.05) is 5.73 Å². The summed E-state index contributed by atoms with van der Waals surface area (Å²) >= 11 is 0. The van der Waals surface area contributed by atoms with Crippen molar-refractivity contribution in [3.05, 3.63) is 101 Å². The van der Waals surface area contributed by atoms with Gasteiger partial charge in [0.15, 0.2) is 0 Å². The monoisotopic (exact) mass is 483 g/mol. The summed E-state index contributed by atoms with van der Waals surface area (Å²) in [7, 11) is 0. The first kappa shape index (κ1) is 27.7. The molecule has 1 unspecified atom stereocenters. The van der Waals surface area contributed by atoms with Gasteiger partial charge in [0.2, 0.25) is 0 Å². The molecule has 36 heavy (non-hydrogen) atoms. The zero-order chi connectivity index (χ0) is 26.0. The quantitative estimate of drug-likeness (QED) is 0.368. The topological polar surface area (TPSA) is 40.2 Å². The molecule has 2 aliphatic carbocycles. The molecule has 1 aromatic heterocycles. The van der Waals surface area contributed by atoms with E-state index in [1.807, 2.05) is 12.3 Å². The Labute approximate surface area is 220 Å². The molecule has 0 bridgehead atoms. The minimum absolute atomic E-state index is 0.195. The van der Waals surface area contributed by atoms with Gasteiger partial charge in [-0.05, 0) is 107 Å². The van der Waals surface area contributed by atoms with E-state index in [-0.39, 0.29) is 5.41 Å². The zero-order valence-corrected chi connectivity index (χ0v) is 23.1. The molecule has 3 N–H and O–H groups in total. The average Bonchev–Trinajstić information content (AvgIpc) is 3.15. The van der Waals surface area contributed by atoms with Crippen LogP contribution >= 0.6 is 0 Å². The number of pyridine rings is 1. The molecule has 1 aromatic rings. The third kappa shape index (κ3) is 7.09. The minimum atomic E-state index is 0.195. The van der Waals surface area contributed by atoms with Crippen LogP contribution in [0.2, 0.25) is 0 Å². The highest BCUT2D eigenvalue weighted by molar-refractivity contribution is 5.67. The van der Waals surface area contributed by atoms with Gasteiger partial charge in [-0.1, -0.05) is 77.8 Å². The predicted octanol–water partition coefficient (Wildman–Crippen LogP) is 9.13. The van der Waals surface area contributed by atoms with Gasteiger partial charge in [-0.3, -0.25) is 5.73 Å². The van der Waals surface area contributed by atoms with E-state index < -0.39 is 0 Å². The van der Waals surface area contributed by atoms with Crippen LogP contribution in [0.1, 0.15) is 91.0 Å². The van der Waals surface area contributed by atoms with E-state index >= 15 is 0 Å². The van der Waals surface area contributed by atoms with Gasteiger partial charge in [0, 0.05) is 6.07 Å². The highest BCUT2D eigenvalue weighted by atomic mass is 14.8. The fraction of sp³-hybridized carbons (Fsp3) is 0.441. The van der Waals surface area contributed by atoms with Gasteiger partial charge >= 0.3 is 0 Å². The first-order valence-corrected chi connectivity index (χ1v) is 13.9. The van der Waals surface area contributed by atoms with Gasteiger partial charge in [0.1, 0.15) is 0 Å². The Kier molecular flexibility index (Phi) is 10.3. The molecular weight excluding hydrogens is 436 g/mol. The Bertz CT molecular complexity index is 1090.